The number of imidazole rings is 1. The minimum atomic E-state index is -0.381. The fourth-order valence-corrected chi connectivity index (χ4v) is 4.66. The molecule has 3 heterocycles. The normalized spacial score (nSPS) is 21.0. The third kappa shape index (κ3) is 3.15. The summed E-state index contributed by atoms with van der Waals surface area (Å²) < 4.78 is 1.97. The van der Waals surface area contributed by atoms with Gasteiger partial charge in [0.1, 0.15) is 6.54 Å². The van der Waals surface area contributed by atoms with Crippen LogP contribution in [0.5, 0.6) is 0 Å². The Bertz CT molecular complexity index is 1090. The molecule has 0 spiro atoms. The Balaban J connectivity index is 1.24. The summed E-state index contributed by atoms with van der Waals surface area (Å²) in [5.74, 6) is -1.49. The lowest BCUT2D eigenvalue weighted by Gasteiger charge is -2.14. The summed E-state index contributed by atoms with van der Waals surface area (Å²) in [6, 6.07) is 7.35. The molecule has 1 saturated heterocycles. The maximum atomic E-state index is 12.5. The van der Waals surface area contributed by atoms with Crippen molar-refractivity contribution in [2.45, 2.75) is 12.8 Å². The largest absolute Gasteiger partial charge is 0.325 e. The number of thiazole rings is 1. The molecule has 0 unspecified atom stereocenters. The van der Waals surface area contributed by atoms with Gasteiger partial charge in [0.25, 0.3) is 0 Å². The summed E-state index contributed by atoms with van der Waals surface area (Å²) in [4.78, 5) is 44.0. The van der Waals surface area contributed by atoms with Crippen LogP contribution in [0.2, 0.25) is 0 Å². The van der Waals surface area contributed by atoms with Crippen LogP contribution in [-0.4, -0.2) is 38.6 Å². The number of nitrogens with zero attached hydrogens (tertiary/aromatic N) is 3. The monoisotopic (exact) mass is 406 g/mol. The Labute approximate surface area is 170 Å². The number of aromatic nitrogens is 2. The average molecular weight is 406 g/mol. The van der Waals surface area contributed by atoms with Crippen molar-refractivity contribution in [3.05, 3.63) is 54.2 Å². The highest BCUT2D eigenvalue weighted by molar-refractivity contribution is 7.15. The second kappa shape index (κ2) is 6.97. The highest BCUT2D eigenvalue weighted by Crippen LogP contribution is 2.34. The Morgan fingerprint density at radius 2 is 1.79 bits per heavy atom. The van der Waals surface area contributed by atoms with Gasteiger partial charge in [0.15, 0.2) is 4.96 Å². The van der Waals surface area contributed by atoms with Gasteiger partial charge in [-0.15, -0.1) is 11.3 Å². The minimum Gasteiger partial charge on any atom is -0.325 e. The smallest absolute Gasteiger partial charge is 0.244 e. The lowest BCUT2D eigenvalue weighted by atomic mass is 9.85. The van der Waals surface area contributed by atoms with Gasteiger partial charge in [-0.3, -0.25) is 23.7 Å². The van der Waals surface area contributed by atoms with Crippen molar-refractivity contribution in [3.8, 4) is 11.3 Å². The van der Waals surface area contributed by atoms with Crippen molar-refractivity contribution in [2.24, 2.45) is 11.8 Å². The van der Waals surface area contributed by atoms with E-state index in [1.165, 1.54) is 0 Å². The quantitative estimate of drug-likeness (QED) is 0.533. The molecule has 1 fully saturated rings. The molecule has 1 aliphatic heterocycles. The van der Waals surface area contributed by atoms with Gasteiger partial charge in [-0.1, -0.05) is 24.3 Å². The molecule has 2 atom stereocenters. The molecule has 1 aromatic carbocycles. The number of anilines is 1. The van der Waals surface area contributed by atoms with Crippen molar-refractivity contribution in [3.63, 3.8) is 0 Å². The number of carbonyl (C=O) groups excluding carboxylic acids is 3. The second-order valence-electron chi connectivity index (χ2n) is 7.26. The van der Waals surface area contributed by atoms with Crippen molar-refractivity contribution in [1.82, 2.24) is 14.3 Å². The van der Waals surface area contributed by atoms with E-state index < -0.39 is 0 Å². The highest BCUT2D eigenvalue weighted by atomic mass is 32.1. The SMILES string of the molecule is O=C(CN1C(=O)[C@H]2CC=CC[C@H]2C1=O)Nc1ccc(-c2cn3ccsc3n2)cc1. The van der Waals surface area contributed by atoms with Crippen LogP contribution >= 0.6 is 11.3 Å². The third-order valence-electron chi connectivity index (χ3n) is 5.46. The summed E-state index contributed by atoms with van der Waals surface area (Å²) >= 11 is 1.57. The number of benzene rings is 1. The van der Waals surface area contributed by atoms with Crippen LogP contribution in [0.1, 0.15) is 12.8 Å². The number of carbonyl (C=O) groups is 3. The summed E-state index contributed by atoms with van der Waals surface area (Å²) in [6.45, 7) is -0.246. The minimum absolute atomic E-state index is 0.241. The maximum absolute atomic E-state index is 12.5. The summed E-state index contributed by atoms with van der Waals surface area (Å²) in [6.07, 6.45) is 8.92. The zero-order chi connectivity index (χ0) is 20.0. The molecule has 3 aromatic rings. The number of hydrogen-bond acceptors (Lipinski definition) is 5. The molecule has 2 aromatic heterocycles. The zero-order valence-electron chi connectivity index (χ0n) is 15.4. The first-order chi connectivity index (χ1) is 14.1. The zero-order valence-corrected chi connectivity index (χ0v) is 16.3. The first-order valence-corrected chi connectivity index (χ1v) is 10.3. The summed E-state index contributed by atoms with van der Waals surface area (Å²) in [5, 5.41) is 4.75. The molecule has 0 saturated carbocycles. The molecule has 1 aliphatic carbocycles. The van der Waals surface area contributed by atoms with Gasteiger partial charge >= 0.3 is 0 Å². The van der Waals surface area contributed by atoms with E-state index in [-0.39, 0.29) is 36.1 Å². The average Bonchev–Trinajstić information content (AvgIpc) is 3.39. The molecular weight excluding hydrogens is 388 g/mol. The van der Waals surface area contributed by atoms with Crippen LogP contribution in [-0.2, 0) is 14.4 Å². The molecule has 3 amide bonds. The van der Waals surface area contributed by atoms with E-state index in [1.54, 1.807) is 23.5 Å². The number of nitrogens with one attached hydrogen (secondary N) is 1. The molecule has 1 N–H and O–H groups in total. The van der Waals surface area contributed by atoms with Gasteiger partial charge in [-0.2, -0.15) is 0 Å². The van der Waals surface area contributed by atoms with E-state index >= 15 is 0 Å². The van der Waals surface area contributed by atoms with Gasteiger partial charge in [0, 0.05) is 29.0 Å². The molecule has 2 aliphatic rings. The van der Waals surface area contributed by atoms with E-state index in [9.17, 15) is 14.4 Å². The first-order valence-electron chi connectivity index (χ1n) is 9.43. The van der Waals surface area contributed by atoms with Crippen LogP contribution in [0.3, 0.4) is 0 Å². The third-order valence-corrected chi connectivity index (χ3v) is 6.23. The van der Waals surface area contributed by atoms with Gasteiger partial charge in [0.05, 0.1) is 17.5 Å². The summed E-state index contributed by atoms with van der Waals surface area (Å²) in [5.41, 5.74) is 2.41. The Morgan fingerprint density at radius 3 is 2.45 bits per heavy atom. The lowest BCUT2D eigenvalue weighted by Crippen LogP contribution is -2.38. The lowest BCUT2D eigenvalue weighted by molar-refractivity contribution is -0.142. The molecule has 146 valence electrons. The number of imide groups is 1. The van der Waals surface area contributed by atoms with Crippen LogP contribution in [0.25, 0.3) is 16.2 Å². The van der Waals surface area contributed by atoms with Gasteiger partial charge < -0.3 is 5.32 Å². The Hall–Kier alpha value is -3.26. The van der Waals surface area contributed by atoms with Crippen molar-refractivity contribution >= 4 is 39.7 Å². The number of rotatable bonds is 4. The number of hydrogen-bond donors (Lipinski definition) is 1. The second-order valence-corrected chi connectivity index (χ2v) is 8.14. The Morgan fingerprint density at radius 1 is 1.10 bits per heavy atom. The predicted molar refractivity (Wildman–Crippen MR) is 109 cm³/mol. The molecule has 7 nitrogen and oxygen atoms in total. The molecule has 8 heteroatoms. The number of fused-ring (bicyclic) bond motifs is 2. The molecule has 5 rings (SSSR count). The maximum Gasteiger partial charge on any atom is 0.244 e. The van der Waals surface area contributed by atoms with Gasteiger partial charge in [-0.25, -0.2) is 4.98 Å². The topological polar surface area (TPSA) is 83.8 Å². The fourth-order valence-electron chi connectivity index (χ4n) is 3.96. The van der Waals surface area contributed by atoms with E-state index in [1.807, 2.05) is 46.5 Å². The van der Waals surface area contributed by atoms with Crippen LogP contribution in [0.4, 0.5) is 5.69 Å². The van der Waals surface area contributed by atoms with Crippen LogP contribution in [0.15, 0.2) is 54.2 Å². The fraction of sp³-hybridized carbons (Fsp3) is 0.238. The van der Waals surface area contributed by atoms with Crippen LogP contribution < -0.4 is 5.32 Å². The van der Waals surface area contributed by atoms with Crippen molar-refractivity contribution in [2.75, 3.05) is 11.9 Å². The predicted octanol–water partition coefficient (Wildman–Crippen LogP) is 2.95. The van der Waals surface area contributed by atoms with Crippen molar-refractivity contribution < 1.29 is 14.4 Å². The summed E-state index contributed by atoms with van der Waals surface area (Å²) in [7, 11) is 0. The van der Waals surface area contributed by atoms with Gasteiger partial charge in [0.2, 0.25) is 17.7 Å². The van der Waals surface area contributed by atoms with E-state index in [0.717, 1.165) is 21.1 Å². The number of allylic oxidation sites excluding steroid dienone is 2. The molecule has 0 bridgehead atoms. The van der Waals surface area contributed by atoms with Crippen molar-refractivity contribution in [1.29, 1.82) is 0 Å². The van der Waals surface area contributed by atoms with E-state index in [0.29, 0.717) is 18.5 Å². The van der Waals surface area contributed by atoms with Crippen LogP contribution in [0, 0.1) is 11.8 Å². The first kappa shape index (κ1) is 17.8. The van der Waals surface area contributed by atoms with E-state index in [2.05, 4.69) is 10.3 Å². The number of amides is 3. The molecule has 29 heavy (non-hydrogen) atoms. The molecule has 0 radical (unpaired) electrons. The van der Waals surface area contributed by atoms with Gasteiger partial charge in [-0.05, 0) is 25.0 Å². The molecular formula is C21H18N4O3S. The number of likely N-dealkylation sites (tertiary alicyclic amines) is 1. The standard InChI is InChI=1S/C21H18N4O3S/c26-18(12-25-19(27)15-3-1-2-4-16(15)20(25)28)22-14-7-5-13(6-8-14)17-11-24-9-10-29-21(24)23-17/h1-2,5-11,15-16H,3-4,12H2,(H,22,26)/t15-,16+. The highest BCUT2D eigenvalue weighted by Gasteiger charge is 2.47. The Kier molecular flexibility index (Phi) is 4.28. The van der Waals surface area contributed by atoms with E-state index in [4.69, 9.17) is 0 Å².